The number of piperidine rings is 1. The molecule has 1 aliphatic heterocycles. The molecule has 1 fully saturated rings. The molecule has 0 radical (unpaired) electrons. The lowest BCUT2D eigenvalue weighted by Crippen LogP contribution is -2.42. The van der Waals surface area contributed by atoms with Gasteiger partial charge in [0.05, 0.1) is 5.69 Å². The zero-order valence-electron chi connectivity index (χ0n) is 9.57. The van der Waals surface area contributed by atoms with Crippen molar-refractivity contribution in [2.24, 2.45) is 0 Å². The van der Waals surface area contributed by atoms with Crippen molar-refractivity contribution < 1.29 is 0 Å². The molecule has 2 N–H and O–H groups in total. The van der Waals surface area contributed by atoms with Crippen LogP contribution in [0.25, 0.3) is 0 Å². The van der Waals surface area contributed by atoms with Gasteiger partial charge in [-0.15, -0.1) is 11.8 Å². The van der Waals surface area contributed by atoms with Gasteiger partial charge in [-0.1, -0.05) is 0 Å². The predicted molar refractivity (Wildman–Crippen MR) is 66.5 cm³/mol. The minimum absolute atomic E-state index is 0.575. The van der Waals surface area contributed by atoms with Crippen molar-refractivity contribution in [1.29, 1.82) is 0 Å². The highest BCUT2D eigenvalue weighted by atomic mass is 32.2. The summed E-state index contributed by atoms with van der Waals surface area (Å²) in [5.41, 5.74) is 1.06. The Morgan fingerprint density at radius 1 is 1.50 bits per heavy atom. The zero-order chi connectivity index (χ0) is 11.2. The molecule has 1 aromatic heterocycles. The lowest BCUT2D eigenvalue weighted by molar-refractivity contribution is 0.386. The second-order valence-electron chi connectivity index (χ2n) is 3.94. The van der Waals surface area contributed by atoms with E-state index in [9.17, 15) is 0 Å². The highest BCUT2D eigenvalue weighted by molar-refractivity contribution is 7.98. The van der Waals surface area contributed by atoms with Gasteiger partial charge < -0.3 is 10.6 Å². The second-order valence-corrected chi connectivity index (χ2v) is 4.73. The second kappa shape index (κ2) is 6.18. The average Bonchev–Trinajstić information content (AvgIpc) is 2.38. The van der Waals surface area contributed by atoms with Crippen molar-refractivity contribution in [3.63, 3.8) is 0 Å². The Labute approximate surface area is 101 Å². The van der Waals surface area contributed by atoms with Crippen molar-refractivity contribution in [1.82, 2.24) is 20.6 Å². The lowest BCUT2D eigenvalue weighted by Gasteiger charge is -2.23. The fourth-order valence-corrected chi connectivity index (χ4v) is 2.44. The summed E-state index contributed by atoms with van der Waals surface area (Å²) in [6, 6.07) is 0.575. The molecule has 1 saturated heterocycles. The maximum atomic E-state index is 4.37. The molecule has 4 nitrogen and oxygen atoms in total. The first-order valence-corrected chi connectivity index (χ1v) is 6.90. The van der Waals surface area contributed by atoms with Crippen LogP contribution in [-0.2, 0) is 6.54 Å². The Morgan fingerprint density at radius 2 is 2.38 bits per heavy atom. The summed E-state index contributed by atoms with van der Waals surface area (Å²) < 4.78 is 0. The Morgan fingerprint density at radius 3 is 3.12 bits per heavy atom. The normalized spacial score (nSPS) is 20.9. The van der Waals surface area contributed by atoms with Crippen LogP contribution in [0.5, 0.6) is 0 Å². The summed E-state index contributed by atoms with van der Waals surface area (Å²) >= 11 is 1.65. The maximum Gasteiger partial charge on any atom is 0.119 e. The first kappa shape index (κ1) is 11.8. The molecular formula is C11H18N4S. The van der Waals surface area contributed by atoms with E-state index in [0.717, 1.165) is 30.4 Å². The molecular weight excluding hydrogens is 220 g/mol. The van der Waals surface area contributed by atoms with Crippen molar-refractivity contribution in [3.8, 4) is 0 Å². The molecule has 1 aliphatic rings. The molecule has 0 spiro atoms. The molecule has 0 aromatic carbocycles. The van der Waals surface area contributed by atoms with Crippen LogP contribution in [0.1, 0.15) is 18.5 Å². The van der Waals surface area contributed by atoms with Crippen molar-refractivity contribution in [3.05, 3.63) is 18.1 Å². The molecule has 2 heterocycles. The van der Waals surface area contributed by atoms with Gasteiger partial charge in [-0.25, -0.2) is 4.98 Å². The van der Waals surface area contributed by atoms with Crippen LogP contribution >= 0.6 is 11.8 Å². The molecule has 0 aliphatic carbocycles. The molecule has 88 valence electrons. The fraction of sp³-hybridized carbons (Fsp3) is 0.636. The SMILES string of the molecule is CSc1nccnc1CN[C@H]1CCCNC1. The average molecular weight is 238 g/mol. The van der Waals surface area contributed by atoms with E-state index >= 15 is 0 Å². The van der Waals surface area contributed by atoms with Crippen molar-refractivity contribution >= 4 is 11.8 Å². The monoisotopic (exact) mass is 238 g/mol. The van der Waals surface area contributed by atoms with E-state index < -0.39 is 0 Å². The summed E-state index contributed by atoms with van der Waals surface area (Å²) in [6.07, 6.45) is 8.05. The third-order valence-corrected chi connectivity index (χ3v) is 3.51. The number of nitrogens with one attached hydrogen (secondary N) is 2. The number of rotatable bonds is 4. The van der Waals surface area contributed by atoms with Gasteiger partial charge in [0.15, 0.2) is 0 Å². The molecule has 16 heavy (non-hydrogen) atoms. The quantitative estimate of drug-likeness (QED) is 0.768. The number of hydrogen-bond donors (Lipinski definition) is 2. The van der Waals surface area contributed by atoms with E-state index in [1.807, 2.05) is 6.26 Å². The third kappa shape index (κ3) is 3.17. The maximum absolute atomic E-state index is 4.37. The first-order valence-electron chi connectivity index (χ1n) is 5.68. The largest absolute Gasteiger partial charge is 0.315 e. The third-order valence-electron chi connectivity index (χ3n) is 2.78. The predicted octanol–water partition coefficient (Wildman–Crippen LogP) is 1.04. The Bertz CT molecular complexity index is 326. The molecule has 0 saturated carbocycles. The highest BCUT2D eigenvalue weighted by Crippen LogP contribution is 2.14. The van der Waals surface area contributed by atoms with Crippen molar-refractivity contribution in [2.45, 2.75) is 30.5 Å². The number of hydrogen-bond acceptors (Lipinski definition) is 5. The van der Waals surface area contributed by atoms with Crippen LogP contribution < -0.4 is 10.6 Å². The zero-order valence-corrected chi connectivity index (χ0v) is 10.4. The molecule has 2 rings (SSSR count). The van der Waals surface area contributed by atoms with Gasteiger partial charge in [-0.05, 0) is 25.6 Å². The van der Waals surface area contributed by atoms with Gasteiger partial charge in [0.25, 0.3) is 0 Å². The topological polar surface area (TPSA) is 49.8 Å². The van der Waals surface area contributed by atoms with E-state index in [2.05, 4.69) is 20.6 Å². The molecule has 0 unspecified atom stereocenters. The minimum atomic E-state index is 0.575. The summed E-state index contributed by atoms with van der Waals surface area (Å²) in [7, 11) is 0. The molecule has 0 amide bonds. The van der Waals surface area contributed by atoms with Gasteiger partial charge in [-0.2, -0.15) is 0 Å². The Balaban J connectivity index is 1.88. The van der Waals surface area contributed by atoms with Crippen molar-refractivity contribution in [2.75, 3.05) is 19.3 Å². The lowest BCUT2D eigenvalue weighted by atomic mass is 10.1. The van der Waals surface area contributed by atoms with E-state index in [4.69, 9.17) is 0 Å². The standard InChI is InChI=1S/C11H18N4S/c1-16-11-10(13-5-6-14-11)8-15-9-3-2-4-12-7-9/h5-6,9,12,15H,2-4,7-8H2,1H3/t9-/m0/s1. The Hall–Kier alpha value is -0.650. The van der Waals surface area contributed by atoms with Crippen LogP contribution in [0.2, 0.25) is 0 Å². The van der Waals surface area contributed by atoms with Gasteiger partial charge in [0.1, 0.15) is 5.03 Å². The number of aromatic nitrogens is 2. The van der Waals surface area contributed by atoms with Crippen LogP contribution in [0.15, 0.2) is 17.4 Å². The fourth-order valence-electron chi connectivity index (χ4n) is 1.91. The van der Waals surface area contributed by atoms with Gasteiger partial charge in [-0.3, -0.25) is 4.98 Å². The van der Waals surface area contributed by atoms with E-state index in [1.54, 1.807) is 24.2 Å². The molecule has 0 bridgehead atoms. The van der Waals surface area contributed by atoms with Crippen LogP contribution in [0, 0.1) is 0 Å². The van der Waals surface area contributed by atoms with Gasteiger partial charge >= 0.3 is 0 Å². The van der Waals surface area contributed by atoms with E-state index in [-0.39, 0.29) is 0 Å². The van der Waals surface area contributed by atoms with Crippen LogP contribution in [0.4, 0.5) is 0 Å². The molecule has 1 aromatic rings. The first-order chi connectivity index (χ1) is 7.90. The number of thioether (sulfide) groups is 1. The summed E-state index contributed by atoms with van der Waals surface area (Å²) in [4.78, 5) is 8.67. The summed E-state index contributed by atoms with van der Waals surface area (Å²) in [5, 5.41) is 7.96. The summed E-state index contributed by atoms with van der Waals surface area (Å²) in [6.45, 7) is 3.03. The minimum Gasteiger partial charge on any atom is -0.315 e. The Kier molecular flexibility index (Phi) is 4.56. The molecule has 5 heteroatoms. The van der Waals surface area contributed by atoms with Gasteiger partial charge in [0, 0.05) is 31.5 Å². The van der Waals surface area contributed by atoms with Crippen LogP contribution in [0.3, 0.4) is 0 Å². The molecule has 1 atom stereocenters. The van der Waals surface area contributed by atoms with Gasteiger partial charge in [0.2, 0.25) is 0 Å². The summed E-state index contributed by atoms with van der Waals surface area (Å²) in [5.74, 6) is 0. The number of nitrogens with zero attached hydrogens (tertiary/aromatic N) is 2. The smallest absolute Gasteiger partial charge is 0.119 e. The highest BCUT2D eigenvalue weighted by Gasteiger charge is 2.13. The van der Waals surface area contributed by atoms with E-state index in [0.29, 0.717) is 6.04 Å². The van der Waals surface area contributed by atoms with E-state index in [1.165, 1.54) is 12.8 Å². The van der Waals surface area contributed by atoms with Crippen LogP contribution in [-0.4, -0.2) is 35.4 Å².